The van der Waals surface area contributed by atoms with E-state index in [1.54, 1.807) is 23.7 Å². The number of amides is 1. The number of thiophene rings is 1. The van der Waals surface area contributed by atoms with Gasteiger partial charge < -0.3 is 4.90 Å². The molecule has 1 fully saturated rings. The van der Waals surface area contributed by atoms with Crippen LogP contribution < -0.4 is 0 Å². The third-order valence-electron chi connectivity index (χ3n) is 5.31. The summed E-state index contributed by atoms with van der Waals surface area (Å²) in [7, 11) is 0. The first-order valence-electron chi connectivity index (χ1n) is 9.46. The van der Waals surface area contributed by atoms with E-state index in [1.165, 1.54) is 4.88 Å². The van der Waals surface area contributed by atoms with Crippen LogP contribution in [0.3, 0.4) is 0 Å². The Kier molecular flexibility index (Phi) is 4.37. The highest BCUT2D eigenvalue weighted by atomic mass is 32.1. The molecule has 5 rings (SSSR count). The first-order valence-corrected chi connectivity index (χ1v) is 10.3. The summed E-state index contributed by atoms with van der Waals surface area (Å²) in [5.41, 5.74) is 3.33. The van der Waals surface area contributed by atoms with Gasteiger partial charge in [-0.1, -0.05) is 24.3 Å². The summed E-state index contributed by atoms with van der Waals surface area (Å²) in [6.07, 6.45) is 5.56. The van der Waals surface area contributed by atoms with Crippen LogP contribution in [0.15, 0.2) is 72.4 Å². The van der Waals surface area contributed by atoms with Gasteiger partial charge in [0.2, 0.25) is 0 Å². The Balaban J connectivity index is 1.62. The second kappa shape index (κ2) is 7.17. The minimum atomic E-state index is 0.0878. The quantitative estimate of drug-likeness (QED) is 0.478. The first-order chi connectivity index (χ1) is 13.8. The average Bonchev–Trinajstić information content (AvgIpc) is 3.44. The number of aromatic nitrogens is 2. The molecular weight excluding hydrogens is 366 g/mol. The van der Waals surface area contributed by atoms with E-state index >= 15 is 0 Å². The Bertz CT molecular complexity index is 1130. The molecule has 3 aromatic heterocycles. The summed E-state index contributed by atoms with van der Waals surface area (Å²) >= 11 is 1.73. The normalized spacial score (nSPS) is 16.6. The number of rotatable bonds is 3. The number of nitrogens with zero attached hydrogens (tertiary/aromatic N) is 3. The molecule has 5 heteroatoms. The molecule has 0 spiro atoms. The van der Waals surface area contributed by atoms with Gasteiger partial charge >= 0.3 is 0 Å². The van der Waals surface area contributed by atoms with Crippen LogP contribution in [-0.2, 0) is 0 Å². The van der Waals surface area contributed by atoms with Crippen LogP contribution in [0, 0.1) is 0 Å². The van der Waals surface area contributed by atoms with Crippen LogP contribution in [0.4, 0.5) is 0 Å². The lowest BCUT2D eigenvalue weighted by Gasteiger charge is -2.25. The number of benzene rings is 1. The van der Waals surface area contributed by atoms with E-state index in [4.69, 9.17) is 4.98 Å². The molecule has 0 bridgehead atoms. The fourth-order valence-corrected chi connectivity index (χ4v) is 4.84. The van der Waals surface area contributed by atoms with Gasteiger partial charge in [-0.2, -0.15) is 0 Å². The van der Waals surface area contributed by atoms with E-state index < -0.39 is 0 Å². The zero-order valence-electron chi connectivity index (χ0n) is 15.3. The maximum atomic E-state index is 13.6. The lowest BCUT2D eigenvalue weighted by molar-refractivity contribution is 0.0740. The van der Waals surface area contributed by atoms with Gasteiger partial charge in [-0.05, 0) is 48.6 Å². The second-order valence-electron chi connectivity index (χ2n) is 6.98. The number of hydrogen-bond donors (Lipinski definition) is 0. The molecule has 1 saturated heterocycles. The van der Waals surface area contributed by atoms with Crippen molar-refractivity contribution >= 4 is 28.1 Å². The molecule has 0 N–H and O–H groups in total. The molecule has 0 aliphatic carbocycles. The molecule has 1 aliphatic heterocycles. The number of pyridine rings is 2. The van der Waals surface area contributed by atoms with Gasteiger partial charge in [0.1, 0.15) is 0 Å². The van der Waals surface area contributed by atoms with Crippen LogP contribution >= 0.6 is 11.3 Å². The predicted octanol–water partition coefficient (Wildman–Crippen LogP) is 5.34. The fraction of sp³-hybridized carbons (Fsp3) is 0.174. The van der Waals surface area contributed by atoms with E-state index in [1.807, 2.05) is 47.4 Å². The van der Waals surface area contributed by atoms with E-state index in [9.17, 15) is 4.79 Å². The van der Waals surface area contributed by atoms with Gasteiger partial charge in [-0.25, -0.2) is 4.98 Å². The number of para-hydroxylation sites is 1. The van der Waals surface area contributed by atoms with Crippen molar-refractivity contribution in [2.24, 2.45) is 0 Å². The molecule has 4 heterocycles. The Morgan fingerprint density at radius 3 is 2.75 bits per heavy atom. The standard InChI is InChI=1S/C23H19N3OS/c27-23(26-13-3-7-21(26)22-8-4-14-28-22)18-15-20(16-9-11-24-12-10-16)25-19-6-2-1-5-17(18)19/h1-2,4-6,8-12,14-15,21H,3,7,13H2. The number of fused-ring (bicyclic) bond motifs is 1. The molecule has 4 nitrogen and oxygen atoms in total. The van der Waals surface area contributed by atoms with Gasteiger partial charge in [0.15, 0.2) is 0 Å². The summed E-state index contributed by atoms with van der Waals surface area (Å²) < 4.78 is 0. The van der Waals surface area contributed by atoms with Gasteiger partial charge in [0.25, 0.3) is 5.91 Å². The number of hydrogen-bond acceptors (Lipinski definition) is 4. The second-order valence-corrected chi connectivity index (χ2v) is 7.96. The summed E-state index contributed by atoms with van der Waals surface area (Å²) in [5.74, 6) is 0.0878. The average molecular weight is 385 g/mol. The smallest absolute Gasteiger partial charge is 0.255 e. The van der Waals surface area contributed by atoms with Crippen LogP contribution in [0.5, 0.6) is 0 Å². The number of carbonyl (C=O) groups is 1. The van der Waals surface area contributed by atoms with Gasteiger partial charge in [-0.3, -0.25) is 9.78 Å². The van der Waals surface area contributed by atoms with Crippen LogP contribution in [0.1, 0.15) is 34.1 Å². The molecular formula is C23H19N3OS. The van der Waals surface area contributed by atoms with E-state index in [0.717, 1.165) is 47.1 Å². The maximum Gasteiger partial charge on any atom is 0.255 e. The van der Waals surface area contributed by atoms with Crippen molar-refractivity contribution in [3.05, 3.63) is 82.8 Å². The van der Waals surface area contributed by atoms with E-state index in [-0.39, 0.29) is 11.9 Å². The van der Waals surface area contributed by atoms with E-state index in [2.05, 4.69) is 22.5 Å². The summed E-state index contributed by atoms with van der Waals surface area (Å²) in [4.78, 5) is 25.8. The molecule has 138 valence electrons. The molecule has 28 heavy (non-hydrogen) atoms. The van der Waals surface area contributed by atoms with Crippen molar-refractivity contribution in [3.63, 3.8) is 0 Å². The predicted molar refractivity (Wildman–Crippen MR) is 112 cm³/mol. The molecule has 1 atom stereocenters. The molecule has 1 amide bonds. The Hall–Kier alpha value is -3.05. The topological polar surface area (TPSA) is 46.1 Å². The molecule has 4 aromatic rings. The monoisotopic (exact) mass is 385 g/mol. The Morgan fingerprint density at radius 2 is 1.93 bits per heavy atom. The van der Waals surface area contributed by atoms with Crippen molar-refractivity contribution < 1.29 is 4.79 Å². The summed E-state index contributed by atoms with van der Waals surface area (Å²) in [6.45, 7) is 0.794. The summed E-state index contributed by atoms with van der Waals surface area (Å²) in [5, 5.41) is 2.99. The van der Waals surface area contributed by atoms with Crippen molar-refractivity contribution in [2.45, 2.75) is 18.9 Å². The largest absolute Gasteiger partial charge is 0.331 e. The zero-order valence-corrected chi connectivity index (χ0v) is 16.1. The lowest BCUT2D eigenvalue weighted by atomic mass is 10.0. The highest BCUT2D eigenvalue weighted by Crippen LogP contribution is 2.36. The van der Waals surface area contributed by atoms with Crippen LogP contribution in [0.2, 0.25) is 0 Å². The van der Waals surface area contributed by atoms with Crippen molar-refractivity contribution in [2.75, 3.05) is 6.54 Å². The van der Waals surface area contributed by atoms with Gasteiger partial charge in [-0.15, -0.1) is 11.3 Å². The minimum Gasteiger partial charge on any atom is -0.331 e. The molecule has 1 aromatic carbocycles. The molecule has 1 unspecified atom stereocenters. The number of likely N-dealkylation sites (tertiary alicyclic amines) is 1. The van der Waals surface area contributed by atoms with Crippen LogP contribution in [-0.4, -0.2) is 27.3 Å². The first kappa shape index (κ1) is 17.1. The molecule has 0 radical (unpaired) electrons. The van der Waals surface area contributed by atoms with Crippen LogP contribution in [0.25, 0.3) is 22.2 Å². The SMILES string of the molecule is O=C(c1cc(-c2ccncc2)nc2ccccc12)N1CCCC1c1cccs1. The van der Waals surface area contributed by atoms with Crippen molar-refractivity contribution in [1.82, 2.24) is 14.9 Å². The third-order valence-corrected chi connectivity index (χ3v) is 6.28. The highest BCUT2D eigenvalue weighted by molar-refractivity contribution is 7.10. The Labute approximate surface area is 167 Å². The summed E-state index contributed by atoms with van der Waals surface area (Å²) in [6, 6.07) is 18.0. The third kappa shape index (κ3) is 2.98. The van der Waals surface area contributed by atoms with E-state index in [0.29, 0.717) is 0 Å². The minimum absolute atomic E-state index is 0.0878. The van der Waals surface area contributed by atoms with Gasteiger partial charge in [0, 0.05) is 34.8 Å². The molecule has 0 saturated carbocycles. The fourth-order valence-electron chi connectivity index (χ4n) is 3.96. The van der Waals surface area contributed by atoms with Crippen molar-refractivity contribution in [3.8, 4) is 11.3 Å². The lowest BCUT2D eigenvalue weighted by Crippen LogP contribution is -2.30. The maximum absolute atomic E-state index is 13.6. The van der Waals surface area contributed by atoms with Crippen molar-refractivity contribution in [1.29, 1.82) is 0 Å². The zero-order chi connectivity index (χ0) is 18.9. The van der Waals surface area contributed by atoms with Gasteiger partial charge in [0.05, 0.1) is 22.8 Å². The Morgan fingerprint density at radius 1 is 1.07 bits per heavy atom. The number of carbonyl (C=O) groups excluding carboxylic acids is 1. The highest BCUT2D eigenvalue weighted by Gasteiger charge is 2.32. The molecule has 1 aliphatic rings.